The first-order valence-electron chi connectivity index (χ1n) is 10.5. The van der Waals surface area contributed by atoms with Crippen LogP contribution in [-0.2, 0) is 13.6 Å². The lowest BCUT2D eigenvalue weighted by Gasteiger charge is -2.15. The fourth-order valence-electron chi connectivity index (χ4n) is 3.45. The lowest BCUT2D eigenvalue weighted by molar-refractivity contribution is 0.328. The van der Waals surface area contributed by atoms with Gasteiger partial charge in [0.25, 0.3) is 0 Å². The Balaban J connectivity index is 1.87. The summed E-state index contributed by atoms with van der Waals surface area (Å²) in [6.07, 6.45) is 2.68. The maximum Gasteiger partial charge on any atom is 0.222 e. The van der Waals surface area contributed by atoms with Gasteiger partial charge in [0.2, 0.25) is 5.88 Å². The molecule has 0 aliphatic heterocycles. The van der Waals surface area contributed by atoms with E-state index in [0.717, 1.165) is 40.1 Å². The molecule has 0 bridgehead atoms. The molecule has 0 amide bonds. The molecule has 0 aromatic carbocycles. The van der Waals surface area contributed by atoms with E-state index >= 15 is 0 Å². The third-order valence-corrected chi connectivity index (χ3v) is 5.15. The van der Waals surface area contributed by atoms with Gasteiger partial charge in [-0.2, -0.15) is 9.90 Å². The SMILES string of the molecule is CCOc1ncccc1-c1cc(NCc2nnn(C)n2)c2c(n1)c(C)nn2[C@@H](C)CC. The number of aromatic nitrogens is 8. The van der Waals surface area contributed by atoms with E-state index in [1.165, 1.54) is 4.80 Å². The Kier molecular flexibility index (Phi) is 5.79. The lowest BCUT2D eigenvalue weighted by Crippen LogP contribution is -2.09. The van der Waals surface area contributed by atoms with Crippen molar-refractivity contribution in [1.29, 1.82) is 0 Å². The highest BCUT2D eigenvalue weighted by molar-refractivity contribution is 5.93. The van der Waals surface area contributed by atoms with Gasteiger partial charge < -0.3 is 10.1 Å². The fourth-order valence-corrected chi connectivity index (χ4v) is 3.45. The Labute approximate surface area is 180 Å². The smallest absolute Gasteiger partial charge is 0.222 e. The van der Waals surface area contributed by atoms with Crippen molar-refractivity contribution in [2.75, 3.05) is 11.9 Å². The van der Waals surface area contributed by atoms with Crippen molar-refractivity contribution in [2.24, 2.45) is 7.05 Å². The molecule has 1 atom stereocenters. The molecular formula is C21H27N9O. The summed E-state index contributed by atoms with van der Waals surface area (Å²) in [6.45, 7) is 9.19. The summed E-state index contributed by atoms with van der Waals surface area (Å²) in [5, 5.41) is 20.5. The molecule has 4 aromatic heterocycles. The molecule has 0 aliphatic carbocycles. The molecule has 4 rings (SSSR count). The van der Waals surface area contributed by atoms with Gasteiger partial charge in [-0.15, -0.1) is 10.2 Å². The quantitative estimate of drug-likeness (QED) is 0.462. The number of fused-ring (bicyclic) bond motifs is 1. The van der Waals surface area contributed by atoms with Crippen LogP contribution in [0.3, 0.4) is 0 Å². The minimum Gasteiger partial charge on any atom is -0.477 e. The zero-order valence-electron chi connectivity index (χ0n) is 18.5. The van der Waals surface area contributed by atoms with E-state index in [4.69, 9.17) is 14.8 Å². The molecule has 0 saturated heterocycles. The van der Waals surface area contributed by atoms with E-state index in [1.807, 2.05) is 36.7 Å². The van der Waals surface area contributed by atoms with Crippen LogP contribution in [0.2, 0.25) is 0 Å². The van der Waals surface area contributed by atoms with E-state index in [-0.39, 0.29) is 6.04 Å². The average molecular weight is 422 g/mol. The predicted octanol–water partition coefficient (Wildman–Crippen LogP) is 3.31. The minimum absolute atomic E-state index is 0.233. The van der Waals surface area contributed by atoms with E-state index in [1.54, 1.807) is 13.2 Å². The first kappa shape index (κ1) is 20.7. The van der Waals surface area contributed by atoms with E-state index in [9.17, 15) is 0 Å². The van der Waals surface area contributed by atoms with Crippen LogP contribution in [0, 0.1) is 6.92 Å². The van der Waals surface area contributed by atoms with Crippen molar-refractivity contribution in [3.63, 3.8) is 0 Å². The number of tetrazole rings is 1. The summed E-state index contributed by atoms with van der Waals surface area (Å²) in [5.74, 6) is 1.17. The number of anilines is 1. The molecule has 10 nitrogen and oxygen atoms in total. The standard InChI is InChI=1S/C21H27N9O/c1-6-13(3)30-20-17(23-12-18-25-28-29(5)27-18)11-16(24-19(20)14(4)26-30)15-9-8-10-22-21(15)31-7-2/h8-11,13H,6-7,12H2,1-5H3,(H,23,24)/t13-/m0/s1. The number of hydrogen-bond acceptors (Lipinski definition) is 8. The number of nitrogens with one attached hydrogen (secondary N) is 1. The van der Waals surface area contributed by atoms with Crippen LogP contribution in [0.25, 0.3) is 22.3 Å². The molecule has 0 saturated carbocycles. The van der Waals surface area contributed by atoms with Crippen LogP contribution in [-0.4, -0.2) is 46.6 Å². The van der Waals surface area contributed by atoms with Crippen molar-refractivity contribution in [3.05, 3.63) is 35.9 Å². The number of aryl methyl sites for hydroxylation is 2. The molecule has 0 aliphatic rings. The second kappa shape index (κ2) is 8.66. The van der Waals surface area contributed by atoms with Crippen LogP contribution in [0.15, 0.2) is 24.4 Å². The average Bonchev–Trinajstić information content (AvgIpc) is 3.35. The first-order valence-corrected chi connectivity index (χ1v) is 10.5. The highest BCUT2D eigenvalue weighted by atomic mass is 16.5. The highest BCUT2D eigenvalue weighted by Crippen LogP contribution is 2.35. The zero-order chi connectivity index (χ0) is 22.0. The monoisotopic (exact) mass is 421 g/mol. The molecule has 0 unspecified atom stereocenters. The van der Waals surface area contributed by atoms with Gasteiger partial charge >= 0.3 is 0 Å². The maximum absolute atomic E-state index is 5.74. The molecular weight excluding hydrogens is 394 g/mol. The van der Waals surface area contributed by atoms with Gasteiger partial charge in [0.1, 0.15) is 11.0 Å². The van der Waals surface area contributed by atoms with E-state index in [0.29, 0.717) is 24.9 Å². The normalized spacial score (nSPS) is 12.3. The number of hydrogen-bond donors (Lipinski definition) is 1. The Morgan fingerprint density at radius 3 is 2.77 bits per heavy atom. The Hall–Kier alpha value is -3.56. The van der Waals surface area contributed by atoms with Gasteiger partial charge in [0.15, 0.2) is 5.82 Å². The number of pyridine rings is 2. The number of rotatable bonds is 8. The van der Waals surface area contributed by atoms with Gasteiger partial charge in [-0.05, 0) is 50.6 Å². The van der Waals surface area contributed by atoms with Crippen LogP contribution in [0.4, 0.5) is 5.69 Å². The van der Waals surface area contributed by atoms with Crippen molar-refractivity contribution >= 4 is 16.7 Å². The minimum atomic E-state index is 0.233. The van der Waals surface area contributed by atoms with Crippen LogP contribution in [0.5, 0.6) is 5.88 Å². The summed E-state index contributed by atoms with van der Waals surface area (Å²) < 4.78 is 7.79. The van der Waals surface area contributed by atoms with Gasteiger partial charge in [-0.3, -0.25) is 4.68 Å². The fraction of sp³-hybridized carbons (Fsp3) is 0.429. The molecule has 1 N–H and O–H groups in total. The third kappa shape index (κ3) is 4.05. The number of ether oxygens (including phenoxy) is 1. The van der Waals surface area contributed by atoms with Crippen LogP contribution >= 0.6 is 0 Å². The summed E-state index contributed by atoms with van der Waals surface area (Å²) in [6, 6.07) is 6.10. The van der Waals surface area contributed by atoms with Crippen molar-refractivity contribution in [1.82, 2.24) is 40.0 Å². The van der Waals surface area contributed by atoms with Crippen LogP contribution in [0.1, 0.15) is 44.8 Å². The van der Waals surface area contributed by atoms with Gasteiger partial charge in [0, 0.05) is 12.2 Å². The highest BCUT2D eigenvalue weighted by Gasteiger charge is 2.20. The summed E-state index contributed by atoms with van der Waals surface area (Å²) in [5.41, 5.74) is 5.19. The molecule has 162 valence electrons. The molecule has 0 fully saturated rings. The Morgan fingerprint density at radius 1 is 1.23 bits per heavy atom. The van der Waals surface area contributed by atoms with Gasteiger partial charge in [0.05, 0.1) is 42.8 Å². The molecule has 0 spiro atoms. The third-order valence-electron chi connectivity index (χ3n) is 5.15. The lowest BCUT2D eigenvalue weighted by atomic mass is 10.1. The largest absolute Gasteiger partial charge is 0.477 e. The molecule has 31 heavy (non-hydrogen) atoms. The first-order chi connectivity index (χ1) is 15.0. The summed E-state index contributed by atoms with van der Waals surface area (Å²) >= 11 is 0. The zero-order valence-corrected chi connectivity index (χ0v) is 18.5. The second-order valence-corrected chi connectivity index (χ2v) is 7.38. The topological polar surface area (TPSA) is 108 Å². The van der Waals surface area contributed by atoms with E-state index in [2.05, 4.69) is 39.6 Å². The second-order valence-electron chi connectivity index (χ2n) is 7.38. The molecule has 10 heteroatoms. The molecule has 4 heterocycles. The van der Waals surface area contributed by atoms with E-state index < -0.39 is 0 Å². The van der Waals surface area contributed by atoms with Gasteiger partial charge in [-0.1, -0.05) is 6.92 Å². The maximum atomic E-state index is 5.74. The van der Waals surface area contributed by atoms with Crippen molar-refractivity contribution in [3.8, 4) is 17.1 Å². The van der Waals surface area contributed by atoms with Crippen LogP contribution < -0.4 is 10.1 Å². The Morgan fingerprint density at radius 2 is 2.06 bits per heavy atom. The summed E-state index contributed by atoms with van der Waals surface area (Å²) in [4.78, 5) is 10.8. The van der Waals surface area contributed by atoms with Crippen molar-refractivity contribution in [2.45, 2.75) is 46.7 Å². The summed E-state index contributed by atoms with van der Waals surface area (Å²) in [7, 11) is 1.75. The molecule has 4 aromatic rings. The predicted molar refractivity (Wildman–Crippen MR) is 118 cm³/mol. The molecule has 0 radical (unpaired) electrons. The number of nitrogens with zero attached hydrogens (tertiary/aromatic N) is 8. The van der Waals surface area contributed by atoms with Gasteiger partial charge in [-0.25, -0.2) is 9.97 Å². The Bertz CT molecular complexity index is 1200. The van der Waals surface area contributed by atoms with Crippen molar-refractivity contribution < 1.29 is 4.74 Å².